The molecule has 2 aliphatic rings. The molecule has 0 spiro atoms. The van der Waals surface area contributed by atoms with E-state index in [1.54, 1.807) is 0 Å². The summed E-state index contributed by atoms with van der Waals surface area (Å²) >= 11 is 0. The molecule has 140 valence electrons. The van der Waals surface area contributed by atoms with E-state index in [0.717, 1.165) is 45.3 Å². The molecule has 1 saturated heterocycles. The summed E-state index contributed by atoms with van der Waals surface area (Å²) in [5.74, 6) is 0.185. The number of aliphatic hydroxyl groups is 1. The zero-order valence-electron chi connectivity index (χ0n) is 16.0. The maximum absolute atomic E-state index is 11.7. The standard InChI is InChI=1S/C23H32N2O/c1-24-19-12-15-25(16-19)17-22(23(26)13-5-2-6-14-23)21-11-7-9-18-8-3-4-10-20(18)21/h3-4,7-11,19,22,24,26H,2,5-6,12-17H2,1H3/t19-,22?/m0/s1. The quantitative estimate of drug-likeness (QED) is 0.856. The van der Waals surface area contributed by atoms with E-state index in [2.05, 4.69) is 59.7 Å². The van der Waals surface area contributed by atoms with Crippen molar-refractivity contribution in [1.82, 2.24) is 10.2 Å². The second kappa shape index (κ2) is 7.67. The average molecular weight is 353 g/mol. The molecule has 1 unspecified atom stereocenters. The van der Waals surface area contributed by atoms with Gasteiger partial charge in [-0.05, 0) is 49.2 Å². The van der Waals surface area contributed by atoms with Crippen molar-refractivity contribution in [3.05, 3.63) is 48.0 Å². The average Bonchev–Trinajstić information content (AvgIpc) is 3.14. The minimum absolute atomic E-state index is 0.185. The van der Waals surface area contributed by atoms with E-state index in [0.29, 0.717) is 6.04 Å². The Hall–Kier alpha value is -1.42. The smallest absolute Gasteiger partial charge is 0.0728 e. The second-order valence-corrected chi connectivity index (χ2v) is 8.32. The number of likely N-dealkylation sites (N-methyl/N-ethyl adjacent to an activating group) is 1. The zero-order valence-corrected chi connectivity index (χ0v) is 16.0. The summed E-state index contributed by atoms with van der Waals surface area (Å²) in [6, 6.07) is 15.8. The predicted molar refractivity (Wildman–Crippen MR) is 109 cm³/mol. The molecule has 3 nitrogen and oxygen atoms in total. The summed E-state index contributed by atoms with van der Waals surface area (Å²) in [5.41, 5.74) is 0.764. The third-order valence-corrected chi connectivity index (χ3v) is 6.69. The van der Waals surface area contributed by atoms with Crippen LogP contribution in [0.25, 0.3) is 10.8 Å². The van der Waals surface area contributed by atoms with Gasteiger partial charge in [0.2, 0.25) is 0 Å². The fourth-order valence-electron chi connectivity index (χ4n) is 5.12. The highest BCUT2D eigenvalue weighted by atomic mass is 16.3. The van der Waals surface area contributed by atoms with Crippen molar-refractivity contribution >= 4 is 10.8 Å². The number of likely N-dealkylation sites (tertiary alicyclic amines) is 1. The van der Waals surface area contributed by atoms with Crippen LogP contribution in [0.1, 0.15) is 50.0 Å². The topological polar surface area (TPSA) is 35.5 Å². The Morgan fingerprint density at radius 1 is 1.12 bits per heavy atom. The van der Waals surface area contributed by atoms with Gasteiger partial charge in [0.05, 0.1) is 5.60 Å². The summed E-state index contributed by atoms with van der Waals surface area (Å²) in [4.78, 5) is 2.56. The minimum atomic E-state index is -0.569. The van der Waals surface area contributed by atoms with Crippen molar-refractivity contribution in [2.45, 2.75) is 56.1 Å². The van der Waals surface area contributed by atoms with Crippen LogP contribution < -0.4 is 5.32 Å². The van der Waals surface area contributed by atoms with Crippen molar-refractivity contribution in [2.24, 2.45) is 0 Å². The second-order valence-electron chi connectivity index (χ2n) is 8.32. The first-order valence-corrected chi connectivity index (χ1v) is 10.3. The Labute approximate surface area is 157 Å². The van der Waals surface area contributed by atoms with E-state index in [1.807, 2.05) is 0 Å². The summed E-state index contributed by atoms with van der Waals surface area (Å²) in [5, 5.41) is 17.7. The van der Waals surface area contributed by atoms with Crippen LogP contribution in [0.15, 0.2) is 42.5 Å². The summed E-state index contributed by atoms with van der Waals surface area (Å²) in [6.07, 6.45) is 6.63. The molecule has 3 heteroatoms. The number of nitrogens with zero attached hydrogens (tertiary/aromatic N) is 1. The maximum Gasteiger partial charge on any atom is 0.0728 e. The highest BCUT2D eigenvalue weighted by Gasteiger charge is 2.40. The van der Waals surface area contributed by atoms with E-state index < -0.39 is 5.60 Å². The molecule has 4 rings (SSSR count). The van der Waals surface area contributed by atoms with Crippen LogP contribution in [-0.2, 0) is 0 Å². The van der Waals surface area contributed by atoms with Crippen LogP contribution in [0.4, 0.5) is 0 Å². The van der Waals surface area contributed by atoms with Crippen molar-refractivity contribution in [3.63, 3.8) is 0 Å². The molecule has 2 atom stereocenters. The van der Waals surface area contributed by atoms with Crippen molar-refractivity contribution in [3.8, 4) is 0 Å². The molecular weight excluding hydrogens is 320 g/mol. The highest BCUT2D eigenvalue weighted by Crippen LogP contribution is 2.42. The monoisotopic (exact) mass is 352 g/mol. The summed E-state index contributed by atoms with van der Waals surface area (Å²) < 4.78 is 0. The molecule has 2 aromatic rings. The third kappa shape index (κ3) is 3.53. The van der Waals surface area contributed by atoms with Crippen LogP contribution >= 0.6 is 0 Å². The van der Waals surface area contributed by atoms with E-state index in [9.17, 15) is 5.11 Å². The molecule has 0 aromatic heterocycles. The lowest BCUT2D eigenvalue weighted by Gasteiger charge is -2.41. The number of benzene rings is 2. The molecular formula is C23H32N2O. The summed E-state index contributed by atoms with van der Waals surface area (Å²) in [6.45, 7) is 3.18. The van der Waals surface area contributed by atoms with Gasteiger partial charge in [-0.25, -0.2) is 0 Å². The molecule has 1 aliphatic heterocycles. The molecule has 1 heterocycles. The van der Waals surface area contributed by atoms with Crippen molar-refractivity contribution < 1.29 is 5.11 Å². The minimum Gasteiger partial charge on any atom is -0.389 e. The molecule has 1 saturated carbocycles. The number of nitrogens with one attached hydrogen (secondary N) is 1. The molecule has 26 heavy (non-hydrogen) atoms. The fourth-order valence-corrected chi connectivity index (χ4v) is 5.12. The van der Waals surface area contributed by atoms with Gasteiger partial charge in [0.1, 0.15) is 0 Å². The third-order valence-electron chi connectivity index (χ3n) is 6.69. The van der Waals surface area contributed by atoms with Gasteiger partial charge < -0.3 is 15.3 Å². The first-order chi connectivity index (χ1) is 12.7. The predicted octanol–water partition coefficient (Wildman–Crippen LogP) is 3.91. The fraction of sp³-hybridized carbons (Fsp3) is 0.565. The SMILES string of the molecule is CN[C@H]1CCN(CC(c2cccc3ccccc23)C2(O)CCCCC2)C1. The van der Waals surface area contributed by atoms with Gasteiger partial charge >= 0.3 is 0 Å². The van der Waals surface area contributed by atoms with Gasteiger partial charge in [0, 0.05) is 25.0 Å². The van der Waals surface area contributed by atoms with E-state index in [-0.39, 0.29) is 5.92 Å². The zero-order chi connectivity index (χ0) is 18.0. The van der Waals surface area contributed by atoms with Crippen molar-refractivity contribution in [2.75, 3.05) is 26.7 Å². The Kier molecular flexibility index (Phi) is 5.30. The van der Waals surface area contributed by atoms with Gasteiger partial charge in [-0.2, -0.15) is 0 Å². The lowest BCUT2D eigenvalue weighted by Crippen LogP contribution is -2.44. The van der Waals surface area contributed by atoms with E-state index in [4.69, 9.17) is 0 Å². The van der Waals surface area contributed by atoms with Crippen LogP contribution in [0, 0.1) is 0 Å². The van der Waals surface area contributed by atoms with Gasteiger partial charge in [0.25, 0.3) is 0 Å². The molecule has 2 aromatic carbocycles. The normalized spacial score (nSPS) is 24.8. The number of rotatable bonds is 5. The van der Waals surface area contributed by atoms with Crippen LogP contribution in [-0.4, -0.2) is 48.3 Å². The first-order valence-electron chi connectivity index (χ1n) is 10.3. The molecule has 0 bridgehead atoms. The van der Waals surface area contributed by atoms with Gasteiger partial charge in [-0.3, -0.25) is 0 Å². The summed E-state index contributed by atoms with van der Waals surface area (Å²) in [7, 11) is 2.06. The number of hydrogen-bond donors (Lipinski definition) is 2. The lowest BCUT2D eigenvalue weighted by atomic mass is 9.71. The maximum atomic E-state index is 11.7. The van der Waals surface area contributed by atoms with Crippen LogP contribution in [0.3, 0.4) is 0 Å². The molecule has 0 radical (unpaired) electrons. The molecule has 2 fully saturated rings. The first kappa shape index (κ1) is 18.0. The van der Waals surface area contributed by atoms with E-state index >= 15 is 0 Å². The van der Waals surface area contributed by atoms with Crippen LogP contribution in [0.2, 0.25) is 0 Å². The van der Waals surface area contributed by atoms with E-state index in [1.165, 1.54) is 29.2 Å². The molecule has 0 amide bonds. The Morgan fingerprint density at radius 2 is 1.88 bits per heavy atom. The Bertz CT molecular complexity index is 733. The van der Waals surface area contributed by atoms with Crippen LogP contribution in [0.5, 0.6) is 0 Å². The Balaban J connectivity index is 1.70. The van der Waals surface area contributed by atoms with Gasteiger partial charge in [0.15, 0.2) is 0 Å². The largest absolute Gasteiger partial charge is 0.389 e. The molecule has 2 N–H and O–H groups in total. The van der Waals surface area contributed by atoms with Gasteiger partial charge in [-0.15, -0.1) is 0 Å². The lowest BCUT2D eigenvalue weighted by molar-refractivity contribution is -0.0291. The Morgan fingerprint density at radius 3 is 2.65 bits per heavy atom. The number of hydrogen-bond acceptors (Lipinski definition) is 3. The van der Waals surface area contributed by atoms with Crippen molar-refractivity contribution in [1.29, 1.82) is 0 Å². The molecule has 1 aliphatic carbocycles. The highest BCUT2D eigenvalue weighted by molar-refractivity contribution is 5.86. The number of fused-ring (bicyclic) bond motifs is 1. The van der Waals surface area contributed by atoms with Gasteiger partial charge in [-0.1, -0.05) is 61.7 Å².